The molecule has 1 heterocycles. The topological polar surface area (TPSA) is 4.93 Å². The lowest BCUT2D eigenvalue weighted by molar-refractivity contribution is 0.663. The molecule has 2 aromatic rings. The predicted octanol–water partition coefficient (Wildman–Crippen LogP) is 4.46. The third-order valence-corrected chi connectivity index (χ3v) is 4.63. The monoisotopic (exact) mass is 377 g/mol. The van der Waals surface area contributed by atoms with Gasteiger partial charge in [-0.1, -0.05) is 63.1 Å². The van der Waals surface area contributed by atoms with Crippen LogP contribution in [0.4, 0.5) is 0 Å². The second-order valence-corrected chi connectivity index (χ2v) is 7.53. The van der Waals surface area contributed by atoms with E-state index in [1.807, 2.05) is 6.07 Å². The predicted molar refractivity (Wildman–Crippen MR) is 104 cm³/mol. The van der Waals surface area contributed by atoms with Crippen molar-refractivity contribution in [2.75, 3.05) is 0 Å². The average molecular weight is 378 g/mol. The normalized spacial score (nSPS) is 12.5. The Morgan fingerprint density at radius 2 is 1.91 bits per heavy atom. The molecule has 1 nitrogen and oxygen atoms in total. The molecule has 0 amide bonds. The van der Waals surface area contributed by atoms with Crippen LogP contribution in [0.5, 0.6) is 0 Å². The maximum Gasteiger partial charge on any atom is 0.0710 e. The lowest BCUT2D eigenvalue weighted by Crippen LogP contribution is -2.27. The first-order chi connectivity index (χ1) is 10.6. The van der Waals surface area contributed by atoms with Gasteiger partial charge in [0.15, 0.2) is 0 Å². The fraction of sp³-hybridized carbons (Fsp3) is 0.368. The lowest BCUT2D eigenvalue weighted by atomic mass is 10.1. The van der Waals surface area contributed by atoms with Gasteiger partial charge in [-0.15, -0.1) is 12.6 Å². The van der Waals surface area contributed by atoms with E-state index in [1.165, 1.54) is 36.8 Å². The molecule has 1 aromatic heterocycles. The first-order valence-electron chi connectivity index (χ1n) is 7.93. The van der Waals surface area contributed by atoms with Gasteiger partial charge < -0.3 is 4.57 Å². The lowest BCUT2D eigenvalue weighted by Gasteiger charge is -2.06. The Kier molecular flexibility index (Phi) is 6.84. The minimum atomic E-state index is 0.833. The van der Waals surface area contributed by atoms with Crippen molar-refractivity contribution in [3.63, 3.8) is 0 Å². The smallest absolute Gasteiger partial charge is 0.0710 e. The highest BCUT2D eigenvalue weighted by Crippen LogP contribution is 2.10. The Balaban J connectivity index is 2.27. The number of hydrogen-bond acceptors (Lipinski definition) is 1. The molecule has 0 aliphatic rings. The molecule has 1 aromatic carbocycles. The fourth-order valence-corrected chi connectivity index (χ4v) is 3.23. The third-order valence-electron chi connectivity index (χ3n) is 3.99. The van der Waals surface area contributed by atoms with Crippen molar-refractivity contribution < 1.29 is 0 Å². The second kappa shape index (κ2) is 8.64. The third kappa shape index (κ3) is 4.53. The SMILES string of the molecule is C=c1c(CCCCCC)c/c(=C(\S)Br)n1Cc1ccccc1. The number of halogens is 1. The van der Waals surface area contributed by atoms with Crippen molar-refractivity contribution in [2.24, 2.45) is 0 Å². The first-order valence-corrected chi connectivity index (χ1v) is 9.17. The molecule has 22 heavy (non-hydrogen) atoms. The number of aromatic nitrogens is 1. The fourth-order valence-electron chi connectivity index (χ4n) is 2.72. The number of benzene rings is 1. The summed E-state index contributed by atoms with van der Waals surface area (Å²) in [4.78, 5) is 0. The summed E-state index contributed by atoms with van der Waals surface area (Å²) < 4.78 is 3.12. The summed E-state index contributed by atoms with van der Waals surface area (Å²) in [5.41, 5.74) is 2.62. The highest BCUT2D eigenvalue weighted by Gasteiger charge is 2.06. The molecular formula is C19H24BrNS. The quantitative estimate of drug-likeness (QED) is 0.536. The number of rotatable bonds is 7. The summed E-state index contributed by atoms with van der Waals surface area (Å²) in [6.45, 7) is 7.39. The second-order valence-electron chi connectivity index (χ2n) is 5.67. The molecule has 0 fully saturated rings. The molecule has 0 bridgehead atoms. The molecular weight excluding hydrogens is 354 g/mol. The summed E-state index contributed by atoms with van der Waals surface area (Å²) >= 11 is 8.01. The van der Waals surface area contributed by atoms with E-state index < -0.39 is 0 Å². The number of aryl methyl sites for hydroxylation is 1. The van der Waals surface area contributed by atoms with E-state index in [9.17, 15) is 0 Å². The van der Waals surface area contributed by atoms with Gasteiger partial charge in [0, 0.05) is 11.9 Å². The molecule has 0 N–H and O–H groups in total. The van der Waals surface area contributed by atoms with Gasteiger partial charge in [-0.3, -0.25) is 0 Å². The van der Waals surface area contributed by atoms with E-state index in [-0.39, 0.29) is 0 Å². The van der Waals surface area contributed by atoms with Crippen LogP contribution in [0, 0.1) is 0 Å². The zero-order valence-corrected chi connectivity index (χ0v) is 15.7. The van der Waals surface area contributed by atoms with Crippen LogP contribution in [0.15, 0.2) is 36.4 Å². The van der Waals surface area contributed by atoms with Gasteiger partial charge in [0.2, 0.25) is 0 Å². The number of nitrogens with zero attached hydrogens (tertiary/aromatic N) is 1. The first kappa shape index (κ1) is 17.4. The van der Waals surface area contributed by atoms with Gasteiger partial charge in [-0.25, -0.2) is 0 Å². The Bertz CT molecular complexity index is 699. The van der Waals surface area contributed by atoms with Crippen molar-refractivity contribution in [3.8, 4) is 0 Å². The zero-order valence-electron chi connectivity index (χ0n) is 13.2. The van der Waals surface area contributed by atoms with E-state index in [1.54, 1.807) is 0 Å². The minimum Gasteiger partial charge on any atom is -0.336 e. The summed E-state index contributed by atoms with van der Waals surface area (Å²) in [6.07, 6.45) is 6.21. The number of unbranched alkanes of at least 4 members (excludes halogenated alkanes) is 3. The van der Waals surface area contributed by atoms with Crippen LogP contribution in [-0.4, -0.2) is 4.57 Å². The Hall–Kier alpha value is -0.930. The van der Waals surface area contributed by atoms with Gasteiger partial charge in [-0.05, 0) is 46.0 Å². The molecule has 0 spiro atoms. The van der Waals surface area contributed by atoms with Crippen molar-refractivity contribution >= 4 is 39.0 Å². The van der Waals surface area contributed by atoms with Crippen LogP contribution in [0.1, 0.15) is 43.7 Å². The highest BCUT2D eigenvalue weighted by molar-refractivity contribution is 9.17. The van der Waals surface area contributed by atoms with Crippen LogP contribution >= 0.6 is 28.6 Å². The van der Waals surface area contributed by atoms with Gasteiger partial charge in [0.1, 0.15) is 0 Å². The average Bonchev–Trinajstić information content (AvgIpc) is 2.82. The molecule has 0 atom stereocenters. The van der Waals surface area contributed by atoms with Crippen LogP contribution in [0.3, 0.4) is 0 Å². The molecule has 2 rings (SSSR count). The van der Waals surface area contributed by atoms with E-state index in [2.05, 4.69) is 77.0 Å². The number of thiol groups is 1. The number of hydrogen-bond donors (Lipinski definition) is 1. The Morgan fingerprint density at radius 3 is 2.55 bits per heavy atom. The van der Waals surface area contributed by atoms with Crippen molar-refractivity contribution in [2.45, 2.75) is 45.6 Å². The van der Waals surface area contributed by atoms with Crippen LogP contribution in [-0.2, 0) is 13.0 Å². The van der Waals surface area contributed by atoms with Crippen molar-refractivity contribution in [1.29, 1.82) is 0 Å². The summed E-state index contributed by atoms with van der Waals surface area (Å²) in [7, 11) is 0. The molecule has 0 saturated carbocycles. The van der Waals surface area contributed by atoms with Crippen LogP contribution < -0.4 is 10.7 Å². The standard InChI is InChI=1S/C19H24BrNS/c1-3-4-5-9-12-17-13-18(19(20)22)21(15(17)2)14-16-10-7-6-8-11-16/h6-8,10-11,13,22H,2-5,9,12,14H2,1H3/b19-18+. The van der Waals surface area contributed by atoms with Crippen LogP contribution in [0.25, 0.3) is 10.4 Å². The van der Waals surface area contributed by atoms with Gasteiger partial charge in [-0.2, -0.15) is 0 Å². The molecule has 3 heteroatoms. The minimum absolute atomic E-state index is 0.833. The summed E-state index contributed by atoms with van der Waals surface area (Å²) in [5, 5.41) is 2.23. The van der Waals surface area contributed by atoms with Gasteiger partial charge in [0.25, 0.3) is 0 Å². The largest absolute Gasteiger partial charge is 0.336 e. The van der Waals surface area contributed by atoms with E-state index in [0.717, 1.165) is 27.5 Å². The molecule has 0 aliphatic carbocycles. The molecule has 0 radical (unpaired) electrons. The van der Waals surface area contributed by atoms with Gasteiger partial charge >= 0.3 is 0 Å². The van der Waals surface area contributed by atoms with Crippen molar-refractivity contribution in [1.82, 2.24) is 4.57 Å². The molecule has 0 aliphatic heterocycles. The Morgan fingerprint density at radius 1 is 1.18 bits per heavy atom. The van der Waals surface area contributed by atoms with Crippen molar-refractivity contribution in [3.05, 3.63) is 58.2 Å². The zero-order chi connectivity index (χ0) is 15.9. The summed E-state index contributed by atoms with van der Waals surface area (Å²) in [5.74, 6) is 0. The van der Waals surface area contributed by atoms with Gasteiger partial charge in [0.05, 0.1) is 9.16 Å². The maximum atomic E-state index is 4.49. The maximum absolute atomic E-state index is 4.49. The van der Waals surface area contributed by atoms with Crippen LogP contribution in [0.2, 0.25) is 0 Å². The molecule has 0 unspecified atom stereocenters. The highest BCUT2D eigenvalue weighted by atomic mass is 79.9. The van der Waals surface area contributed by atoms with E-state index >= 15 is 0 Å². The summed E-state index contributed by atoms with van der Waals surface area (Å²) in [6, 6.07) is 12.7. The molecule has 118 valence electrons. The Labute approximate surface area is 147 Å². The van der Waals surface area contributed by atoms with E-state index in [4.69, 9.17) is 0 Å². The van der Waals surface area contributed by atoms with E-state index in [0.29, 0.717) is 0 Å². The molecule has 0 saturated heterocycles.